The third kappa shape index (κ3) is 6.04. The highest BCUT2D eigenvalue weighted by atomic mass is 16.3. The zero-order valence-corrected chi connectivity index (χ0v) is 10.3. The van der Waals surface area contributed by atoms with Crippen LogP contribution in [0, 0.1) is 0 Å². The van der Waals surface area contributed by atoms with Crippen molar-refractivity contribution >= 4 is 11.6 Å². The lowest BCUT2D eigenvalue weighted by atomic mass is 10.1. The first-order chi connectivity index (χ1) is 8.08. The van der Waals surface area contributed by atoms with Crippen LogP contribution in [-0.2, 0) is 4.79 Å². The zero-order valence-electron chi connectivity index (χ0n) is 10.3. The first-order valence-corrected chi connectivity index (χ1v) is 5.84. The van der Waals surface area contributed by atoms with Gasteiger partial charge in [0.05, 0.1) is 12.6 Å². The predicted octanol–water partition coefficient (Wildman–Crippen LogP) is 1.37. The van der Waals surface area contributed by atoms with E-state index in [1.165, 1.54) is 0 Å². The van der Waals surface area contributed by atoms with Crippen LogP contribution < -0.4 is 10.6 Å². The number of anilines is 1. The largest absolute Gasteiger partial charge is 0.393 e. The van der Waals surface area contributed by atoms with Crippen LogP contribution in [0.15, 0.2) is 30.3 Å². The number of rotatable bonds is 6. The van der Waals surface area contributed by atoms with Gasteiger partial charge in [-0.05, 0) is 32.4 Å². The maximum Gasteiger partial charge on any atom is 0.238 e. The van der Waals surface area contributed by atoms with E-state index in [9.17, 15) is 9.90 Å². The summed E-state index contributed by atoms with van der Waals surface area (Å²) in [6.45, 7) is 3.94. The molecule has 94 valence electrons. The van der Waals surface area contributed by atoms with Gasteiger partial charge < -0.3 is 15.7 Å². The van der Waals surface area contributed by atoms with E-state index in [-0.39, 0.29) is 24.6 Å². The average molecular weight is 236 g/mol. The Morgan fingerprint density at radius 2 is 1.94 bits per heavy atom. The molecule has 2 unspecified atom stereocenters. The molecule has 1 amide bonds. The topological polar surface area (TPSA) is 61.4 Å². The summed E-state index contributed by atoms with van der Waals surface area (Å²) in [7, 11) is 0. The van der Waals surface area contributed by atoms with E-state index in [1.807, 2.05) is 37.3 Å². The van der Waals surface area contributed by atoms with Crippen molar-refractivity contribution in [2.24, 2.45) is 0 Å². The number of hydrogen-bond donors (Lipinski definition) is 3. The van der Waals surface area contributed by atoms with E-state index in [0.29, 0.717) is 6.42 Å². The number of aliphatic hydroxyl groups is 1. The number of hydrogen-bond acceptors (Lipinski definition) is 3. The van der Waals surface area contributed by atoms with Crippen LogP contribution in [0.25, 0.3) is 0 Å². The van der Waals surface area contributed by atoms with Gasteiger partial charge in [0.2, 0.25) is 5.91 Å². The van der Waals surface area contributed by atoms with Gasteiger partial charge in [-0.25, -0.2) is 0 Å². The summed E-state index contributed by atoms with van der Waals surface area (Å²) in [5, 5.41) is 15.0. The number of aliphatic hydroxyl groups excluding tert-OH is 1. The fourth-order valence-corrected chi connectivity index (χ4v) is 1.59. The van der Waals surface area contributed by atoms with Crippen LogP contribution in [0.4, 0.5) is 5.69 Å². The number of carbonyl (C=O) groups excluding carboxylic acids is 1. The number of benzene rings is 1. The Hall–Kier alpha value is -1.39. The van der Waals surface area contributed by atoms with Crippen LogP contribution in [0.3, 0.4) is 0 Å². The molecule has 0 bridgehead atoms. The molecule has 1 aromatic carbocycles. The van der Waals surface area contributed by atoms with Gasteiger partial charge in [0.15, 0.2) is 0 Å². The fourth-order valence-electron chi connectivity index (χ4n) is 1.59. The Labute approximate surface area is 102 Å². The SMILES string of the molecule is CC(O)CC(C)NCC(=O)Nc1ccccc1. The standard InChI is InChI=1S/C13H20N2O2/c1-10(8-11(2)16)14-9-13(17)15-12-6-4-3-5-7-12/h3-7,10-11,14,16H,8-9H2,1-2H3,(H,15,17). The molecule has 0 aromatic heterocycles. The molecule has 0 saturated heterocycles. The van der Waals surface area contributed by atoms with Crippen LogP contribution >= 0.6 is 0 Å². The molecule has 0 fully saturated rings. The van der Waals surface area contributed by atoms with Crippen LogP contribution in [0.1, 0.15) is 20.3 Å². The minimum Gasteiger partial charge on any atom is -0.393 e. The summed E-state index contributed by atoms with van der Waals surface area (Å²) < 4.78 is 0. The Kier molecular flexibility index (Phi) is 5.66. The minimum absolute atomic E-state index is 0.0753. The van der Waals surface area contributed by atoms with Crippen molar-refractivity contribution in [3.05, 3.63) is 30.3 Å². The van der Waals surface area contributed by atoms with Gasteiger partial charge >= 0.3 is 0 Å². The van der Waals surface area contributed by atoms with Crippen molar-refractivity contribution in [1.82, 2.24) is 5.32 Å². The zero-order chi connectivity index (χ0) is 12.7. The molecule has 4 nitrogen and oxygen atoms in total. The molecular formula is C13H20N2O2. The summed E-state index contributed by atoms with van der Waals surface area (Å²) >= 11 is 0. The van der Waals surface area contributed by atoms with Crippen LogP contribution in [-0.4, -0.2) is 29.7 Å². The Balaban J connectivity index is 2.26. The number of amides is 1. The average Bonchev–Trinajstić information content (AvgIpc) is 2.27. The summed E-state index contributed by atoms with van der Waals surface area (Å²) in [6.07, 6.45) is 0.285. The monoisotopic (exact) mass is 236 g/mol. The molecular weight excluding hydrogens is 216 g/mol. The molecule has 4 heteroatoms. The van der Waals surface area contributed by atoms with E-state index in [0.717, 1.165) is 5.69 Å². The fraction of sp³-hybridized carbons (Fsp3) is 0.462. The second kappa shape index (κ2) is 7.04. The first kappa shape index (κ1) is 13.7. The van der Waals surface area contributed by atoms with Crippen molar-refractivity contribution in [2.75, 3.05) is 11.9 Å². The summed E-state index contributed by atoms with van der Waals surface area (Å²) in [4.78, 5) is 11.6. The number of carbonyl (C=O) groups is 1. The normalized spacial score (nSPS) is 14.1. The molecule has 0 heterocycles. The number of para-hydroxylation sites is 1. The minimum atomic E-state index is -0.352. The molecule has 0 spiro atoms. The van der Waals surface area contributed by atoms with Crippen molar-refractivity contribution in [2.45, 2.75) is 32.4 Å². The van der Waals surface area contributed by atoms with E-state index < -0.39 is 0 Å². The van der Waals surface area contributed by atoms with Gasteiger partial charge in [0, 0.05) is 11.7 Å². The lowest BCUT2D eigenvalue weighted by Gasteiger charge is -2.15. The van der Waals surface area contributed by atoms with Gasteiger partial charge in [-0.15, -0.1) is 0 Å². The highest BCUT2D eigenvalue weighted by Crippen LogP contribution is 2.04. The summed E-state index contributed by atoms with van der Waals surface area (Å²) in [5.74, 6) is -0.0753. The van der Waals surface area contributed by atoms with E-state index >= 15 is 0 Å². The summed E-state index contributed by atoms with van der Waals surface area (Å²) in [6, 6.07) is 9.46. The molecule has 1 rings (SSSR count). The molecule has 17 heavy (non-hydrogen) atoms. The lowest BCUT2D eigenvalue weighted by molar-refractivity contribution is -0.115. The molecule has 1 aromatic rings. The highest BCUT2D eigenvalue weighted by molar-refractivity contribution is 5.92. The first-order valence-electron chi connectivity index (χ1n) is 5.84. The third-order valence-corrected chi connectivity index (χ3v) is 2.36. The molecule has 3 N–H and O–H groups in total. The maximum atomic E-state index is 11.6. The van der Waals surface area contributed by atoms with Crippen LogP contribution in [0.2, 0.25) is 0 Å². The van der Waals surface area contributed by atoms with Crippen molar-refractivity contribution in [1.29, 1.82) is 0 Å². The van der Waals surface area contributed by atoms with Gasteiger partial charge in [0.1, 0.15) is 0 Å². The van der Waals surface area contributed by atoms with Gasteiger partial charge in [0.25, 0.3) is 0 Å². The highest BCUT2D eigenvalue weighted by Gasteiger charge is 2.07. The number of nitrogens with one attached hydrogen (secondary N) is 2. The Bertz CT molecular complexity index is 339. The molecule has 2 atom stereocenters. The van der Waals surface area contributed by atoms with E-state index in [4.69, 9.17) is 0 Å². The molecule has 0 aliphatic heterocycles. The predicted molar refractivity (Wildman–Crippen MR) is 68.8 cm³/mol. The molecule has 0 aliphatic carbocycles. The van der Waals surface area contributed by atoms with Crippen molar-refractivity contribution in [3.63, 3.8) is 0 Å². The van der Waals surface area contributed by atoms with Crippen molar-refractivity contribution < 1.29 is 9.90 Å². The Morgan fingerprint density at radius 3 is 2.53 bits per heavy atom. The van der Waals surface area contributed by atoms with Crippen molar-refractivity contribution in [3.8, 4) is 0 Å². The van der Waals surface area contributed by atoms with E-state index in [2.05, 4.69) is 10.6 Å². The molecule has 0 aliphatic rings. The van der Waals surface area contributed by atoms with Gasteiger partial charge in [-0.1, -0.05) is 18.2 Å². The second-order valence-corrected chi connectivity index (χ2v) is 4.28. The van der Waals surface area contributed by atoms with Gasteiger partial charge in [-0.2, -0.15) is 0 Å². The Morgan fingerprint density at radius 1 is 1.29 bits per heavy atom. The van der Waals surface area contributed by atoms with Gasteiger partial charge in [-0.3, -0.25) is 4.79 Å². The quantitative estimate of drug-likeness (QED) is 0.699. The van der Waals surface area contributed by atoms with Crippen LogP contribution in [0.5, 0.6) is 0 Å². The second-order valence-electron chi connectivity index (χ2n) is 4.28. The van der Waals surface area contributed by atoms with E-state index in [1.54, 1.807) is 6.92 Å². The summed E-state index contributed by atoms with van der Waals surface area (Å²) in [5.41, 5.74) is 0.794. The molecule has 0 saturated carbocycles. The molecule has 0 radical (unpaired) electrons. The third-order valence-electron chi connectivity index (χ3n) is 2.36. The maximum absolute atomic E-state index is 11.6. The smallest absolute Gasteiger partial charge is 0.238 e. The lowest BCUT2D eigenvalue weighted by Crippen LogP contribution is -2.36.